The van der Waals surface area contributed by atoms with Crippen LogP contribution >= 0.6 is 23.2 Å². The van der Waals surface area contributed by atoms with Crippen LogP contribution in [0.5, 0.6) is 5.75 Å². The molecule has 30 heavy (non-hydrogen) atoms. The third-order valence-corrected chi connectivity index (χ3v) is 7.41. The minimum Gasteiger partial charge on any atom is -0.490 e. The van der Waals surface area contributed by atoms with Gasteiger partial charge in [-0.1, -0.05) is 41.4 Å². The lowest BCUT2D eigenvalue weighted by Crippen LogP contribution is -2.45. The van der Waals surface area contributed by atoms with E-state index in [0.717, 1.165) is 25.9 Å². The SMILES string of the molecule is Cc1ccccc1S(=O)(=O)NCC(O)CN1CCC(Oc2ccc(Cl)c(Cl)c2)CC1. The van der Waals surface area contributed by atoms with Crippen molar-refractivity contribution in [1.29, 1.82) is 0 Å². The van der Waals surface area contributed by atoms with Crippen molar-refractivity contribution in [3.8, 4) is 5.75 Å². The molecule has 0 spiro atoms. The van der Waals surface area contributed by atoms with E-state index in [1.165, 1.54) is 0 Å². The summed E-state index contributed by atoms with van der Waals surface area (Å²) in [5, 5.41) is 11.3. The van der Waals surface area contributed by atoms with E-state index in [1.54, 1.807) is 49.4 Å². The Balaban J connectivity index is 1.43. The maximum absolute atomic E-state index is 12.4. The summed E-state index contributed by atoms with van der Waals surface area (Å²) in [7, 11) is -3.65. The summed E-state index contributed by atoms with van der Waals surface area (Å²) in [4.78, 5) is 2.35. The van der Waals surface area contributed by atoms with Gasteiger partial charge in [0.05, 0.1) is 21.0 Å². The Morgan fingerprint density at radius 1 is 1.17 bits per heavy atom. The fourth-order valence-electron chi connectivity index (χ4n) is 3.46. The molecule has 1 fully saturated rings. The van der Waals surface area contributed by atoms with Crippen LogP contribution in [0.1, 0.15) is 18.4 Å². The Bertz CT molecular complexity index is 963. The molecule has 0 radical (unpaired) electrons. The van der Waals surface area contributed by atoms with Crippen molar-refractivity contribution >= 4 is 33.2 Å². The third kappa shape index (κ3) is 6.33. The van der Waals surface area contributed by atoms with Gasteiger partial charge in [-0.05, 0) is 43.5 Å². The van der Waals surface area contributed by atoms with E-state index in [0.29, 0.717) is 27.9 Å². The van der Waals surface area contributed by atoms with Crippen molar-refractivity contribution < 1.29 is 18.3 Å². The standard InChI is InChI=1S/C21H26Cl2N2O4S/c1-15-4-2-3-5-21(15)30(27,28)24-13-16(26)14-25-10-8-17(9-11-25)29-18-6-7-19(22)20(23)12-18/h2-7,12,16-17,24,26H,8-11,13-14H2,1H3. The minimum atomic E-state index is -3.65. The number of ether oxygens (including phenoxy) is 1. The Morgan fingerprint density at radius 2 is 1.87 bits per heavy atom. The van der Waals surface area contributed by atoms with Crippen molar-refractivity contribution in [3.05, 3.63) is 58.1 Å². The van der Waals surface area contributed by atoms with Gasteiger partial charge in [-0.2, -0.15) is 0 Å². The topological polar surface area (TPSA) is 78.9 Å². The first-order valence-electron chi connectivity index (χ1n) is 9.82. The molecule has 1 atom stereocenters. The molecule has 3 rings (SSSR count). The van der Waals surface area contributed by atoms with E-state index in [4.69, 9.17) is 27.9 Å². The number of nitrogens with one attached hydrogen (secondary N) is 1. The highest BCUT2D eigenvalue weighted by Crippen LogP contribution is 2.28. The van der Waals surface area contributed by atoms with Crippen LogP contribution in [0, 0.1) is 6.92 Å². The first kappa shape index (κ1) is 23.3. The van der Waals surface area contributed by atoms with Gasteiger partial charge in [0.2, 0.25) is 10.0 Å². The fourth-order valence-corrected chi connectivity index (χ4v) is 5.06. The van der Waals surface area contributed by atoms with Crippen LogP contribution in [0.4, 0.5) is 0 Å². The Kier molecular flexibility index (Phi) is 8.01. The van der Waals surface area contributed by atoms with E-state index >= 15 is 0 Å². The molecular weight excluding hydrogens is 447 g/mol. The van der Waals surface area contributed by atoms with Gasteiger partial charge in [0.25, 0.3) is 0 Å². The molecular formula is C21H26Cl2N2O4S. The number of piperidine rings is 1. The number of hydrogen-bond acceptors (Lipinski definition) is 5. The summed E-state index contributed by atoms with van der Waals surface area (Å²) in [5.41, 5.74) is 0.670. The van der Waals surface area contributed by atoms with Gasteiger partial charge in [0, 0.05) is 32.2 Å². The van der Waals surface area contributed by atoms with Gasteiger partial charge in [-0.15, -0.1) is 0 Å². The maximum atomic E-state index is 12.4. The number of sulfonamides is 1. The number of aryl methyl sites for hydroxylation is 1. The molecule has 1 unspecified atom stereocenters. The molecule has 0 amide bonds. The van der Waals surface area contributed by atoms with E-state index in [-0.39, 0.29) is 17.5 Å². The molecule has 2 N–H and O–H groups in total. The number of nitrogens with zero attached hydrogens (tertiary/aromatic N) is 1. The second-order valence-electron chi connectivity index (χ2n) is 7.46. The Labute approximate surface area is 187 Å². The summed E-state index contributed by atoms with van der Waals surface area (Å²) in [5.74, 6) is 0.688. The summed E-state index contributed by atoms with van der Waals surface area (Å²) >= 11 is 12.0. The molecule has 0 bridgehead atoms. The summed E-state index contributed by atoms with van der Waals surface area (Å²) in [6.45, 7) is 3.63. The van der Waals surface area contributed by atoms with Crippen LogP contribution in [0.15, 0.2) is 47.4 Å². The van der Waals surface area contributed by atoms with Crippen LogP contribution in [-0.4, -0.2) is 56.8 Å². The largest absolute Gasteiger partial charge is 0.490 e. The molecule has 2 aromatic carbocycles. The van der Waals surface area contributed by atoms with Gasteiger partial charge >= 0.3 is 0 Å². The summed E-state index contributed by atoms with van der Waals surface area (Å²) < 4.78 is 33.4. The van der Waals surface area contributed by atoms with Gasteiger partial charge in [-0.25, -0.2) is 13.1 Å². The molecule has 0 saturated carbocycles. The van der Waals surface area contributed by atoms with E-state index in [1.807, 2.05) is 0 Å². The van der Waals surface area contributed by atoms with E-state index in [2.05, 4.69) is 9.62 Å². The van der Waals surface area contributed by atoms with Crippen LogP contribution in [0.2, 0.25) is 10.0 Å². The smallest absolute Gasteiger partial charge is 0.240 e. The molecule has 164 valence electrons. The number of benzene rings is 2. The molecule has 0 aliphatic carbocycles. The highest BCUT2D eigenvalue weighted by atomic mass is 35.5. The van der Waals surface area contributed by atoms with Crippen LogP contribution in [0.3, 0.4) is 0 Å². The second-order valence-corrected chi connectivity index (χ2v) is 10.0. The van der Waals surface area contributed by atoms with Crippen molar-refractivity contribution in [3.63, 3.8) is 0 Å². The highest BCUT2D eigenvalue weighted by Gasteiger charge is 2.24. The van der Waals surface area contributed by atoms with Crippen molar-refractivity contribution in [2.45, 2.75) is 36.9 Å². The van der Waals surface area contributed by atoms with Crippen LogP contribution < -0.4 is 9.46 Å². The first-order chi connectivity index (χ1) is 14.2. The monoisotopic (exact) mass is 472 g/mol. The predicted molar refractivity (Wildman–Crippen MR) is 119 cm³/mol. The number of rotatable bonds is 8. The molecule has 9 heteroatoms. The Hall–Kier alpha value is -1.35. The average Bonchev–Trinajstić information content (AvgIpc) is 2.71. The first-order valence-corrected chi connectivity index (χ1v) is 12.1. The lowest BCUT2D eigenvalue weighted by Gasteiger charge is -2.33. The number of β-amino-alcohol motifs (C(OH)–C–C–N with tert-alkyl or cyclic N) is 1. The van der Waals surface area contributed by atoms with Gasteiger partial charge in [-0.3, -0.25) is 0 Å². The maximum Gasteiger partial charge on any atom is 0.240 e. The van der Waals surface area contributed by atoms with Crippen molar-refractivity contribution in [2.75, 3.05) is 26.2 Å². The lowest BCUT2D eigenvalue weighted by atomic mass is 10.1. The fraction of sp³-hybridized carbons (Fsp3) is 0.429. The molecule has 1 aliphatic heterocycles. The molecule has 2 aromatic rings. The average molecular weight is 473 g/mol. The molecule has 6 nitrogen and oxygen atoms in total. The van der Waals surface area contributed by atoms with Crippen molar-refractivity contribution in [2.24, 2.45) is 0 Å². The van der Waals surface area contributed by atoms with E-state index in [9.17, 15) is 13.5 Å². The minimum absolute atomic E-state index is 0.0314. The van der Waals surface area contributed by atoms with Crippen LogP contribution in [-0.2, 0) is 10.0 Å². The quantitative estimate of drug-likeness (QED) is 0.614. The zero-order chi connectivity index (χ0) is 21.7. The zero-order valence-electron chi connectivity index (χ0n) is 16.7. The second kappa shape index (κ2) is 10.3. The predicted octanol–water partition coefficient (Wildman–Crippen LogP) is 3.48. The number of aliphatic hydroxyl groups is 1. The summed E-state index contributed by atoms with van der Waals surface area (Å²) in [6, 6.07) is 12.0. The number of aliphatic hydroxyl groups excluding tert-OH is 1. The summed E-state index contributed by atoms with van der Waals surface area (Å²) in [6.07, 6.45) is 0.885. The van der Waals surface area contributed by atoms with E-state index < -0.39 is 16.1 Å². The van der Waals surface area contributed by atoms with Gasteiger partial charge in [0.1, 0.15) is 11.9 Å². The zero-order valence-corrected chi connectivity index (χ0v) is 19.1. The molecule has 1 saturated heterocycles. The Morgan fingerprint density at radius 3 is 2.53 bits per heavy atom. The van der Waals surface area contributed by atoms with Crippen molar-refractivity contribution in [1.82, 2.24) is 9.62 Å². The third-order valence-electron chi connectivity index (χ3n) is 5.09. The van der Waals surface area contributed by atoms with Crippen LogP contribution in [0.25, 0.3) is 0 Å². The van der Waals surface area contributed by atoms with Gasteiger partial charge < -0.3 is 14.7 Å². The number of halogens is 2. The molecule has 1 aliphatic rings. The lowest BCUT2D eigenvalue weighted by molar-refractivity contribution is 0.0630. The number of hydrogen-bond donors (Lipinski definition) is 2. The molecule has 1 heterocycles. The number of likely N-dealkylation sites (tertiary alicyclic amines) is 1. The highest BCUT2D eigenvalue weighted by molar-refractivity contribution is 7.89. The van der Waals surface area contributed by atoms with Gasteiger partial charge in [0.15, 0.2) is 0 Å². The molecule has 0 aromatic heterocycles. The normalized spacial score (nSPS) is 17.1.